The molecule has 2 amide bonds. The zero-order chi connectivity index (χ0) is 42.0. The van der Waals surface area contributed by atoms with E-state index in [0.717, 1.165) is 66.4 Å². The van der Waals surface area contributed by atoms with Crippen LogP contribution in [0.25, 0.3) is 38.9 Å². The fraction of sp³-hybridized carbons (Fsp3) is 0.500. The number of fused-ring (bicyclic) bond motifs is 6. The Labute approximate surface area is 345 Å². The molecule has 3 aromatic carbocycles. The minimum atomic E-state index is -3.21. The summed E-state index contributed by atoms with van der Waals surface area (Å²) < 4.78 is 44.6. The summed E-state index contributed by atoms with van der Waals surface area (Å²) in [5.74, 6) is -2.24. The van der Waals surface area contributed by atoms with E-state index in [2.05, 4.69) is 11.9 Å². The predicted octanol–water partition coefficient (Wildman–Crippen LogP) is 11.6. The van der Waals surface area contributed by atoms with Crippen LogP contribution in [0.4, 0.5) is 18.4 Å². The second kappa shape index (κ2) is 13.2. The van der Waals surface area contributed by atoms with Crippen LogP contribution in [0.5, 0.6) is 0 Å². The molecule has 4 fully saturated rings. The van der Waals surface area contributed by atoms with Gasteiger partial charge in [0.1, 0.15) is 22.6 Å². The highest BCUT2D eigenvalue weighted by Gasteiger charge is 2.59. The SMILES string of the molecule is CC(=N/C=C(\C)c1ccc2c(c1)C(F)(F)c1cc(-c3ccc4nc([C@]5(C)[C@H]6CC[C@H](C6)N5C(=O)OC(C)(C)C)[nH]c4c3)ccc1-2)[C@@H]1CC2(CC2)CN1C(=O)OC(C)(C)C. The minimum Gasteiger partial charge on any atom is -0.444 e. The largest absolute Gasteiger partial charge is 0.444 e. The smallest absolute Gasteiger partial charge is 0.411 e. The lowest BCUT2D eigenvalue weighted by molar-refractivity contribution is -0.0174. The number of allylic oxidation sites excluding steroid dienone is 1. The molecule has 4 aromatic rings. The molecule has 0 radical (unpaired) electrons. The number of aromatic amines is 1. The van der Waals surface area contributed by atoms with Crippen molar-refractivity contribution >= 4 is 34.5 Å². The molecule has 0 unspecified atom stereocenters. The minimum absolute atomic E-state index is 0.0250. The number of likely N-dealkylation sites (tertiary alicyclic amines) is 2. The summed E-state index contributed by atoms with van der Waals surface area (Å²) in [5, 5.41) is 0. The van der Waals surface area contributed by atoms with E-state index in [-0.39, 0.29) is 46.7 Å². The third-order valence-electron chi connectivity index (χ3n) is 13.4. The molecule has 11 heteroatoms. The maximum absolute atomic E-state index is 16.5. The first kappa shape index (κ1) is 39.4. The highest BCUT2D eigenvalue weighted by Crippen LogP contribution is 2.56. The van der Waals surface area contributed by atoms with Gasteiger partial charge in [-0.2, -0.15) is 8.78 Å². The van der Waals surface area contributed by atoms with Gasteiger partial charge in [-0.3, -0.25) is 14.8 Å². The van der Waals surface area contributed by atoms with Crippen LogP contribution in [0.1, 0.15) is 123 Å². The Morgan fingerprint density at radius 1 is 0.881 bits per heavy atom. The first-order chi connectivity index (χ1) is 27.7. The Balaban J connectivity index is 0.962. The Bertz CT molecular complexity index is 2470. The van der Waals surface area contributed by atoms with Gasteiger partial charge in [-0.25, -0.2) is 14.6 Å². The molecule has 1 N–H and O–H groups in total. The summed E-state index contributed by atoms with van der Waals surface area (Å²) in [6.07, 6.45) is 6.98. The number of hydrogen-bond donors (Lipinski definition) is 1. The Kier molecular flexibility index (Phi) is 8.83. The van der Waals surface area contributed by atoms with Gasteiger partial charge in [0.15, 0.2) is 0 Å². The van der Waals surface area contributed by atoms with Gasteiger partial charge in [-0.05, 0) is 170 Å². The van der Waals surface area contributed by atoms with Gasteiger partial charge in [0, 0.05) is 35.6 Å². The molecular weight excluding hydrogens is 749 g/mol. The van der Waals surface area contributed by atoms with Gasteiger partial charge >= 0.3 is 12.2 Å². The number of imidazole rings is 1. The van der Waals surface area contributed by atoms with Crippen LogP contribution in [0, 0.1) is 11.3 Å². The average molecular weight is 804 g/mol. The third kappa shape index (κ3) is 6.72. The second-order valence-corrected chi connectivity index (χ2v) is 20.0. The molecular formula is C48H55F2N5O4. The topological polar surface area (TPSA) is 100 Å². The van der Waals surface area contributed by atoms with Crippen LogP contribution < -0.4 is 0 Å². The van der Waals surface area contributed by atoms with Crippen LogP contribution in [-0.4, -0.2) is 67.5 Å². The standard InChI is InChI=1S/C48H55F2N5O4/c1-27(25-51-28(2)40-24-47(18-19-47)26-54(40)42(56)58-44(3,4)5)29-10-15-34-35-16-11-30(21-37(35)48(49,50)36(34)20-29)31-12-17-38-39(22-31)53-41(52-38)46(9)32-13-14-33(23-32)55(46)43(57)59-45(6,7)8/h10-12,15-17,20-22,25,32-33,40H,13-14,18-19,23-24,26H2,1-9H3,(H,52,53)/b27-25+,51-28?/t32-,33+,40-,46-/m0/s1. The number of piperidine rings is 1. The highest BCUT2D eigenvalue weighted by molar-refractivity contribution is 5.92. The predicted molar refractivity (Wildman–Crippen MR) is 226 cm³/mol. The number of rotatable bonds is 5. The van der Waals surface area contributed by atoms with Crippen molar-refractivity contribution in [2.75, 3.05) is 6.54 Å². The molecule has 2 aliphatic heterocycles. The van der Waals surface area contributed by atoms with E-state index in [4.69, 9.17) is 19.5 Å². The summed E-state index contributed by atoms with van der Waals surface area (Å²) in [6.45, 7) is 17.8. The molecule has 1 aromatic heterocycles. The van der Waals surface area contributed by atoms with E-state index in [0.29, 0.717) is 34.6 Å². The van der Waals surface area contributed by atoms with Crippen molar-refractivity contribution in [3.05, 3.63) is 83.3 Å². The van der Waals surface area contributed by atoms with E-state index in [9.17, 15) is 9.59 Å². The zero-order valence-corrected chi connectivity index (χ0v) is 35.6. The number of amides is 2. The number of carbonyl (C=O) groups excluding carboxylic acids is 2. The molecule has 3 aliphatic carbocycles. The van der Waals surface area contributed by atoms with Crippen LogP contribution in [0.15, 0.2) is 65.8 Å². The Hall–Kier alpha value is -5.06. The molecule has 3 heterocycles. The molecule has 5 aliphatic rings. The normalized spacial score (nSPS) is 25.5. The molecule has 310 valence electrons. The average Bonchev–Trinajstić information content (AvgIpc) is 3.60. The maximum atomic E-state index is 16.5. The van der Waals surface area contributed by atoms with Gasteiger partial charge in [-0.1, -0.05) is 30.3 Å². The van der Waals surface area contributed by atoms with Crippen molar-refractivity contribution in [3.63, 3.8) is 0 Å². The van der Waals surface area contributed by atoms with E-state index < -0.39 is 22.7 Å². The summed E-state index contributed by atoms with van der Waals surface area (Å²) >= 11 is 0. The number of H-pyrrole nitrogens is 1. The van der Waals surface area contributed by atoms with Crippen molar-refractivity contribution in [2.24, 2.45) is 16.3 Å². The Morgan fingerprint density at radius 2 is 1.53 bits per heavy atom. The molecule has 9 nitrogen and oxygen atoms in total. The van der Waals surface area contributed by atoms with Crippen LogP contribution in [0.3, 0.4) is 0 Å². The first-order valence-electron chi connectivity index (χ1n) is 21.1. The number of alkyl halides is 2. The van der Waals surface area contributed by atoms with Crippen LogP contribution in [-0.2, 0) is 20.9 Å². The van der Waals surface area contributed by atoms with Gasteiger partial charge in [0.05, 0.1) is 17.1 Å². The van der Waals surface area contributed by atoms with Gasteiger partial charge in [-0.15, -0.1) is 0 Å². The number of carbonyl (C=O) groups is 2. The number of nitrogens with one attached hydrogen (secondary N) is 1. The number of aromatic nitrogens is 2. The zero-order valence-electron chi connectivity index (χ0n) is 35.6. The fourth-order valence-corrected chi connectivity index (χ4v) is 10.2. The summed E-state index contributed by atoms with van der Waals surface area (Å²) in [6, 6.07) is 16.3. The highest BCUT2D eigenvalue weighted by atomic mass is 19.3. The number of halogens is 2. The second-order valence-electron chi connectivity index (χ2n) is 20.0. The third-order valence-corrected chi connectivity index (χ3v) is 13.4. The van der Waals surface area contributed by atoms with Gasteiger partial charge in [0.2, 0.25) is 0 Å². The molecule has 1 spiro atoms. The number of benzene rings is 3. The monoisotopic (exact) mass is 803 g/mol. The summed E-state index contributed by atoms with van der Waals surface area (Å²) in [7, 11) is 0. The Morgan fingerprint density at radius 3 is 2.22 bits per heavy atom. The van der Waals surface area contributed by atoms with Gasteiger partial charge < -0.3 is 14.5 Å². The van der Waals surface area contributed by atoms with E-state index in [1.54, 1.807) is 30.5 Å². The first-order valence-corrected chi connectivity index (χ1v) is 21.1. The summed E-state index contributed by atoms with van der Waals surface area (Å²) in [4.78, 5) is 43.7. The summed E-state index contributed by atoms with van der Waals surface area (Å²) in [5.41, 5.74) is 4.48. The van der Waals surface area contributed by atoms with Gasteiger partial charge in [0.25, 0.3) is 5.92 Å². The molecule has 59 heavy (non-hydrogen) atoms. The molecule has 2 saturated heterocycles. The van der Waals surface area contributed by atoms with Crippen molar-refractivity contribution < 1.29 is 27.8 Å². The van der Waals surface area contributed by atoms with Crippen molar-refractivity contribution in [2.45, 2.75) is 136 Å². The van der Waals surface area contributed by atoms with Crippen molar-refractivity contribution in [1.82, 2.24) is 19.8 Å². The van der Waals surface area contributed by atoms with E-state index >= 15 is 8.78 Å². The fourth-order valence-electron chi connectivity index (χ4n) is 10.2. The lowest BCUT2D eigenvalue weighted by atomic mass is 9.84. The van der Waals surface area contributed by atoms with Crippen LogP contribution in [0.2, 0.25) is 0 Å². The van der Waals surface area contributed by atoms with Crippen LogP contribution >= 0.6 is 0 Å². The molecule has 2 bridgehead atoms. The van der Waals surface area contributed by atoms with Crippen molar-refractivity contribution in [1.29, 1.82) is 0 Å². The number of nitrogens with zero attached hydrogens (tertiary/aromatic N) is 4. The number of hydrogen-bond acceptors (Lipinski definition) is 6. The lowest BCUT2D eigenvalue weighted by Gasteiger charge is -2.43. The maximum Gasteiger partial charge on any atom is 0.411 e. The molecule has 9 rings (SSSR count). The molecule has 4 atom stereocenters. The number of aliphatic imine (C=N–C) groups is 1. The van der Waals surface area contributed by atoms with Crippen molar-refractivity contribution in [3.8, 4) is 22.3 Å². The lowest BCUT2D eigenvalue weighted by Crippen LogP contribution is -2.53. The van der Waals surface area contributed by atoms with E-state index in [1.807, 2.05) is 95.5 Å². The van der Waals surface area contributed by atoms with E-state index in [1.165, 1.54) is 0 Å². The number of ether oxygens (including phenoxy) is 2. The quantitative estimate of drug-likeness (QED) is 0.203. The molecule has 2 saturated carbocycles.